The fraction of sp³-hybridized carbons (Fsp3) is 0.333. The molecule has 0 aliphatic rings. The Morgan fingerprint density at radius 1 is 1.60 bits per heavy atom. The number of nitrogens with one attached hydrogen (secondary N) is 1. The van der Waals surface area contributed by atoms with Gasteiger partial charge in [0, 0.05) is 16.9 Å². The molecule has 1 unspecified atom stereocenters. The molecule has 3 heteroatoms. The van der Waals surface area contributed by atoms with Crippen LogP contribution in [0.4, 0.5) is 0 Å². The maximum absolute atomic E-state index is 5.53. The van der Waals surface area contributed by atoms with Gasteiger partial charge in [0.05, 0.1) is 0 Å². The summed E-state index contributed by atoms with van der Waals surface area (Å²) in [6, 6.07) is 6.29. The summed E-state index contributed by atoms with van der Waals surface area (Å²) in [6.07, 6.45) is 6.82. The molecule has 0 bridgehead atoms. The first-order valence-electron chi connectivity index (χ1n) is 4.84. The second kappa shape index (κ2) is 5.92. The number of rotatable bonds is 4. The molecule has 2 nitrogen and oxygen atoms in total. The molecule has 0 aromatic heterocycles. The zero-order valence-electron chi connectivity index (χ0n) is 8.76. The van der Waals surface area contributed by atoms with Crippen molar-refractivity contribution in [3.63, 3.8) is 0 Å². The van der Waals surface area contributed by atoms with Crippen molar-refractivity contribution in [1.29, 1.82) is 0 Å². The second-order valence-corrected chi connectivity index (χ2v) is 4.38. The highest BCUT2D eigenvalue weighted by molar-refractivity contribution is 9.10. The van der Waals surface area contributed by atoms with E-state index in [2.05, 4.69) is 46.3 Å². The van der Waals surface area contributed by atoms with E-state index in [0.29, 0.717) is 0 Å². The van der Waals surface area contributed by atoms with Crippen LogP contribution in [0, 0.1) is 19.3 Å². The minimum Gasteiger partial charge on any atom is -0.271 e. The van der Waals surface area contributed by atoms with Crippen LogP contribution in [0.5, 0.6) is 0 Å². The van der Waals surface area contributed by atoms with Crippen molar-refractivity contribution in [2.75, 3.05) is 0 Å². The number of nitrogens with two attached hydrogens (primary N) is 1. The van der Waals surface area contributed by atoms with Crippen molar-refractivity contribution in [3.8, 4) is 12.3 Å². The summed E-state index contributed by atoms with van der Waals surface area (Å²) in [7, 11) is 0. The monoisotopic (exact) mass is 266 g/mol. The van der Waals surface area contributed by atoms with Gasteiger partial charge in [-0.15, -0.1) is 12.3 Å². The molecule has 0 radical (unpaired) electrons. The van der Waals surface area contributed by atoms with Gasteiger partial charge >= 0.3 is 0 Å². The molecule has 0 aliphatic carbocycles. The molecule has 1 atom stereocenters. The van der Waals surface area contributed by atoms with Crippen LogP contribution in [0.3, 0.4) is 0 Å². The van der Waals surface area contributed by atoms with Gasteiger partial charge in [-0.25, -0.2) is 0 Å². The minimum absolute atomic E-state index is 0.124. The summed E-state index contributed by atoms with van der Waals surface area (Å²) in [5.74, 6) is 8.16. The maximum Gasteiger partial charge on any atom is 0.0472 e. The number of halogens is 1. The normalized spacial score (nSPS) is 12.1. The smallest absolute Gasteiger partial charge is 0.0472 e. The number of terminal acetylenes is 1. The fourth-order valence-corrected chi connectivity index (χ4v) is 1.92. The van der Waals surface area contributed by atoms with Gasteiger partial charge in [-0.1, -0.05) is 22.0 Å². The van der Waals surface area contributed by atoms with Gasteiger partial charge in [-0.3, -0.25) is 11.3 Å². The predicted octanol–water partition coefficient (Wildman–Crippen LogP) is 2.68. The molecule has 1 aromatic rings. The molecule has 0 amide bonds. The lowest BCUT2D eigenvalue weighted by Crippen LogP contribution is -2.28. The molecule has 80 valence electrons. The average Bonchev–Trinajstić information content (AvgIpc) is 2.24. The van der Waals surface area contributed by atoms with Crippen molar-refractivity contribution in [2.24, 2.45) is 5.84 Å². The maximum atomic E-state index is 5.53. The van der Waals surface area contributed by atoms with E-state index in [1.165, 1.54) is 11.1 Å². The Labute approximate surface area is 99.3 Å². The van der Waals surface area contributed by atoms with E-state index in [1.54, 1.807) is 0 Å². The Hall–Kier alpha value is -0.820. The molecule has 0 saturated heterocycles. The zero-order chi connectivity index (χ0) is 11.3. The second-order valence-electron chi connectivity index (χ2n) is 3.46. The quantitative estimate of drug-likeness (QED) is 0.500. The number of benzene rings is 1. The first kappa shape index (κ1) is 12.3. The van der Waals surface area contributed by atoms with E-state index in [0.717, 1.165) is 17.3 Å². The summed E-state index contributed by atoms with van der Waals surface area (Å²) < 4.78 is 1.06. The van der Waals surface area contributed by atoms with Gasteiger partial charge in [-0.2, -0.15) is 0 Å². The van der Waals surface area contributed by atoms with Gasteiger partial charge in [0.15, 0.2) is 0 Å². The molecule has 0 fully saturated rings. The summed E-state index contributed by atoms with van der Waals surface area (Å²) in [4.78, 5) is 0. The first-order chi connectivity index (χ1) is 7.19. The van der Waals surface area contributed by atoms with Gasteiger partial charge in [0.2, 0.25) is 0 Å². The van der Waals surface area contributed by atoms with Crippen LogP contribution in [-0.2, 0) is 0 Å². The van der Waals surface area contributed by atoms with E-state index >= 15 is 0 Å². The molecular weight excluding hydrogens is 252 g/mol. The molecule has 0 spiro atoms. The van der Waals surface area contributed by atoms with Crippen LogP contribution in [0.15, 0.2) is 22.7 Å². The lowest BCUT2D eigenvalue weighted by molar-refractivity contribution is 0.521. The number of aryl methyl sites for hydroxylation is 1. The third-order valence-corrected chi connectivity index (χ3v) is 2.89. The molecule has 1 rings (SSSR count). The largest absolute Gasteiger partial charge is 0.271 e. The van der Waals surface area contributed by atoms with Crippen molar-refractivity contribution < 1.29 is 0 Å². The molecule has 0 heterocycles. The van der Waals surface area contributed by atoms with Gasteiger partial charge < -0.3 is 0 Å². The Morgan fingerprint density at radius 3 is 2.93 bits per heavy atom. The highest BCUT2D eigenvalue weighted by Crippen LogP contribution is 2.24. The Morgan fingerprint density at radius 2 is 2.33 bits per heavy atom. The SMILES string of the molecule is C#CCCC(NN)c1cc(Br)ccc1C. The van der Waals surface area contributed by atoms with Gasteiger partial charge in [0.25, 0.3) is 0 Å². The summed E-state index contributed by atoms with van der Waals surface area (Å²) in [6.45, 7) is 2.07. The molecular formula is C12H15BrN2. The van der Waals surface area contributed by atoms with Crippen LogP contribution in [0.1, 0.15) is 30.0 Å². The molecule has 3 N–H and O–H groups in total. The highest BCUT2D eigenvalue weighted by Gasteiger charge is 2.11. The van der Waals surface area contributed by atoms with Gasteiger partial charge in [-0.05, 0) is 36.6 Å². The number of hydrazine groups is 1. The van der Waals surface area contributed by atoms with Crippen molar-refractivity contribution in [1.82, 2.24) is 5.43 Å². The van der Waals surface area contributed by atoms with E-state index in [4.69, 9.17) is 12.3 Å². The van der Waals surface area contributed by atoms with Crippen molar-refractivity contribution >= 4 is 15.9 Å². The Bertz CT molecular complexity index is 368. The zero-order valence-corrected chi connectivity index (χ0v) is 10.3. The minimum atomic E-state index is 0.124. The van der Waals surface area contributed by atoms with Crippen LogP contribution < -0.4 is 11.3 Å². The standard InChI is InChI=1S/C12H15BrN2/c1-3-4-5-12(15-14)11-8-10(13)7-6-9(11)2/h1,6-8,12,15H,4-5,14H2,2H3. The molecule has 15 heavy (non-hydrogen) atoms. The molecule has 0 aliphatic heterocycles. The molecule has 0 saturated carbocycles. The van der Waals surface area contributed by atoms with Gasteiger partial charge in [0.1, 0.15) is 0 Å². The Balaban J connectivity index is 2.91. The first-order valence-corrected chi connectivity index (χ1v) is 5.64. The van der Waals surface area contributed by atoms with E-state index < -0.39 is 0 Å². The van der Waals surface area contributed by atoms with E-state index in [1.807, 2.05) is 6.07 Å². The average molecular weight is 267 g/mol. The molecule has 1 aromatic carbocycles. The van der Waals surface area contributed by atoms with Crippen LogP contribution in [-0.4, -0.2) is 0 Å². The third kappa shape index (κ3) is 3.35. The highest BCUT2D eigenvalue weighted by atomic mass is 79.9. The van der Waals surface area contributed by atoms with Crippen molar-refractivity contribution in [3.05, 3.63) is 33.8 Å². The summed E-state index contributed by atoms with van der Waals surface area (Å²) in [5.41, 5.74) is 5.22. The van der Waals surface area contributed by atoms with Crippen LogP contribution in [0.25, 0.3) is 0 Å². The Kier molecular flexibility index (Phi) is 4.83. The van der Waals surface area contributed by atoms with Crippen molar-refractivity contribution in [2.45, 2.75) is 25.8 Å². The predicted molar refractivity (Wildman–Crippen MR) is 67.0 cm³/mol. The fourth-order valence-electron chi connectivity index (χ4n) is 1.54. The van der Waals surface area contributed by atoms with Crippen LogP contribution in [0.2, 0.25) is 0 Å². The number of hydrogen-bond acceptors (Lipinski definition) is 2. The third-order valence-electron chi connectivity index (χ3n) is 2.40. The lowest BCUT2D eigenvalue weighted by Gasteiger charge is -2.17. The van der Waals surface area contributed by atoms with E-state index in [9.17, 15) is 0 Å². The van der Waals surface area contributed by atoms with Crippen LogP contribution >= 0.6 is 15.9 Å². The summed E-state index contributed by atoms with van der Waals surface area (Å²) >= 11 is 3.45. The number of hydrogen-bond donors (Lipinski definition) is 2. The lowest BCUT2D eigenvalue weighted by atomic mass is 9.98. The summed E-state index contributed by atoms with van der Waals surface area (Å²) in [5, 5.41) is 0. The van der Waals surface area contributed by atoms with E-state index in [-0.39, 0.29) is 6.04 Å². The topological polar surface area (TPSA) is 38.0 Å².